The predicted octanol–water partition coefficient (Wildman–Crippen LogP) is 3.60. The maximum Gasteiger partial charge on any atom is 0.451 e. The lowest BCUT2D eigenvalue weighted by molar-refractivity contribution is -0.147. The van der Waals surface area contributed by atoms with Gasteiger partial charge in [0.1, 0.15) is 5.75 Å². The van der Waals surface area contributed by atoms with Crippen molar-refractivity contribution in [3.8, 4) is 5.75 Å². The second-order valence-corrected chi connectivity index (χ2v) is 6.25. The number of carbonyl (C=O) groups excluding carboxylic acids is 1. The Morgan fingerprint density at radius 2 is 1.92 bits per heavy atom. The van der Waals surface area contributed by atoms with Gasteiger partial charge in [-0.3, -0.25) is 4.79 Å². The van der Waals surface area contributed by atoms with Crippen molar-refractivity contribution in [1.29, 1.82) is 0 Å². The van der Waals surface area contributed by atoms with Gasteiger partial charge < -0.3 is 9.30 Å². The lowest BCUT2D eigenvalue weighted by Crippen LogP contribution is -2.16. The quantitative estimate of drug-likeness (QED) is 0.583. The number of Topliss-reactive ketones (excluding diaryl/α,β-unsaturated/α-hetero) is 1. The third-order valence-electron chi connectivity index (χ3n) is 3.19. The highest BCUT2D eigenvalue weighted by Crippen LogP contribution is 2.31. The van der Waals surface area contributed by atoms with E-state index in [0.29, 0.717) is 17.9 Å². The van der Waals surface area contributed by atoms with Crippen LogP contribution in [0.3, 0.4) is 0 Å². The highest BCUT2D eigenvalue weighted by Gasteiger charge is 2.37. The fourth-order valence-electron chi connectivity index (χ4n) is 1.99. The molecule has 1 aromatic carbocycles. The van der Waals surface area contributed by atoms with Crippen LogP contribution in [0.5, 0.6) is 5.75 Å². The molecule has 1 aromatic heterocycles. The number of ether oxygens (including phenoxy) is 1. The van der Waals surface area contributed by atoms with E-state index in [4.69, 9.17) is 4.74 Å². The number of aromatic nitrogens is 3. The SMILES string of the molecule is CCOc1ccc(C(=O)C(C)Sc2nnc(C(F)(F)F)n2C)cc1. The molecule has 0 radical (unpaired) electrons. The normalized spacial score (nSPS) is 12.9. The van der Waals surface area contributed by atoms with Crippen LogP contribution in [0.1, 0.15) is 30.0 Å². The minimum absolute atomic E-state index is 0.0362. The molecule has 1 unspecified atom stereocenters. The highest BCUT2D eigenvalue weighted by atomic mass is 32.2. The molecule has 130 valence electrons. The Hall–Kier alpha value is -2.03. The largest absolute Gasteiger partial charge is 0.494 e. The zero-order valence-electron chi connectivity index (χ0n) is 13.3. The third kappa shape index (κ3) is 4.08. The molecular weight excluding hydrogens is 343 g/mol. The molecular formula is C15H16F3N3O2S. The zero-order chi connectivity index (χ0) is 17.9. The van der Waals surface area contributed by atoms with E-state index in [0.717, 1.165) is 16.3 Å². The summed E-state index contributed by atoms with van der Waals surface area (Å²) in [6.45, 7) is 3.99. The second kappa shape index (κ2) is 7.25. The first-order chi connectivity index (χ1) is 11.2. The third-order valence-corrected chi connectivity index (χ3v) is 4.32. The van der Waals surface area contributed by atoms with Gasteiger partial charge in [0.15, 0.2) is 10.9 Å². The fourth-order valence-corrected chi connectivity index (χ4v) is 2.88. The van der Waals surface area contributed by atoms with Crippen LogP contribution in [0.2, 0.25) is 0 Å². The number of benzene rings is 1. The number of rotatable bonds is 6. The second-order valence-electron chi connectivity index (χ2n) is 4.94. The molecule has 0 amide bonds. The van der Waals surface area contributed by atoms with Crippen molar-refractivity contribution in [2.45, 2.75) is 30.4 Å². The van der Waals surface area contributed by atoms with Gasteiger partial charge in [-0.25, -0.2) is 0 Å². The Balaban J connectivity index is 2.10. The number of hydrogen-bond donors (Lipinski definition) is 0. The summed E-state index contributed by atoms with van der Waals surface area (Å²) in [7, 11) is 1.22. The Morgan fingerprint density at radius 1 is 1.29 bits per heavy atom. The summed E-state index contributed by atoms with van der Waals surface area (Å²) >= 11 is 0.933. The number of alkyl halides is 3. The highest BCUT2D eigenvalue weighted by molar-refractivity contribution is 8.00. The van der Waals surface area contributed by atoms with Crippen molar-refractivity contribution in [3.05, 3.63) is 35.7 Å². The monoisotopic (exact) mass is 359 g/mol. The lowest BCUT2D eigenvalue weighted by atomic mass is 10.1. The molecule has 0 aliphatic heterocycles. The first kappa shape index (κ1) is 18.3. The van der Waals surface area contributed by atoms with E-state index in [9.17, 15) is 18.0 Å². The summed E-state index contributed by atoms with van der Waals surface area (Å²) < 4.78 is 44.3. The van der Waals surface area contributed by atoms with E-state index in [2.05, 4.69) is 10.2 Å². The average molecular weight is 359 g/mol. The van der Waals surface area contributed by atoms with Crippen LogP contribution in [0.15, 0.2) is 29.4 Å². The lowest BCUT2D eigenvalue weighted by Gasteiger charge is -2.11. The summed E-state index contributed by atoms with van der Waals surface area (Å²) in [5, 5.41) is 6.10. The van der Waals surface area contributed by atoms with Crippen molar-refractivity contribution in [1.82, 2.24) is 14.8 Å². The smallest absolute Gasteiger partial charge is 0.451 e. The summed E-state index contributed by atoms with van der Waals surface area (Å²) in [6.07, 6.45) is -4.58. The van der Waals surface area contributed by atoms with Gasteiger partial charge in [0.05, 0.1) is 11.9 Å². The maximum absolute atomic E-state index is 12.7. The van der Waals surface area contributed by atoms with E-state index in [1.54, 1.807) is 31.2 Å². The van der Waals surface area contributed by atoms with Gasteiger partial charge in [-0.2, -0.15) is 13.2 Å². The van der Waals surface area contributed by atoms with Gasteiger partial charge in [0.25, 0.3) is 0 Å². The summed E-state index contributed by atoms with van der Waals surface area (Å²) in [5.74, 6) is -0.650. The first-order valence-corrected chi connectivity index (χ1v) is 8.02. The molecule has 2 rings (SSSR count). The molecule has 0 aliphatic rings. The van der Waals surface area contributed by atoms with Crippen LogP contribution < -0.4 is 4.74 Å². The number of hydrogen-bond acceptors (Lipinski definition) is 5. The minimum atomic E-state index is -4.58. The molecule has 0 fully saturated rings. The molecule has 0 aliphatic carbocycles. The summed E-state index contributed by atoms with van der Waals surface area (Å²) in [6, 6.07) is 6.61. The molecule has 0 spiro atoms. The number of thioether (sulfide) groups is 1. The van der Waals surface area contributed by atoms with Crippen LogP contribution in [0.25, 0.3) is 0 Å². The zero-order valence-corrected chi connectivity index (χ0v) is 14.1. The molecule has 2 aromatic rings. The van der Waals surface area contributed by atoms with Gasteiger partial charge in [-0.15, -0.1) is 10.2 Å². The molecule has 0 saturated carbocycles. The molecule has 24 heavy (non-hydrogen) atoms. The van der Waals surface area contributed by atoms with Gasteiger partial charge in [-0.05, 0) is 38.1 Å². The number of nitrogens with zero attached hydrogens (tertiary/aromatic N) is 3. The van der Waals surface area contributed by atoms with Crippen molar-refractivity contribution in [2.24, 2.45) is 7.05 Å². The summed E-state index contributed by atoms with van der Waals surface area (Å²) in [5.41, 5.74) is 0.455. The Morgan fingerprint density at radius 3 is 2.42 bits per heavy atom. The van der Waals surface area contributed by atoms with Crippen LogP contribution in [-0.4, -0.2) is 32.4 Å². The van der Waals surface area contributed by atoms with Crippen molar-refractivity contribution in [3.63, 3.8) is 0 Å². The number of halogens is 3. The van der Waals surface area contributed by atoms with Crippen LogP contribution in [0, 0.1) is 0 Å². The fraction of sp³-hybridized carbons (Fsp3) is 0.400. The standard InChI is InChI=1S/C15H16F3N3O2S/c1-4-23-11-7-5-10(6-8-11)12(22)9(2)24-14-20-19-13(21(14)3)15(16,17)18/h5-9H,4H2,1-3H3. The molecule has 9 heteroatoms. The van der Waals surface area contributed by atoms with E-state index >= 15 is 0 Å². The number of carbonyl (C=O) groups is 1. The van der Waals surface area contributed by atoms with Gasteiger partial charge in [0, 0.05) is 12.6 Å². The van der Waals surface area contributed by atoms with E-state index in [1.807, 2.05) is 6.92 Å². The van der Waals surface area contributed by atoms with Crippen LogP contribution in [-0.2, 0) is 13.2 Å². The van der Waals surface area contributed by atoms with E-state index in [1.165, 1.54) is 7.05 Å². The van der Waals surface area contributed by atoms with Crippen molar-refractivity contribution >= 4 is 17.5 Å². The predicted molar refractivity (Wildman–Crippen MR) is 83.3 cm³/mol. The van der Waals surface area contributed by atoms with Gasteiger partial charge in [-0.1, -0.05) is 11.8 Å². The van der Waals surface area contributed by atoms with E-state index in [-0.39, 0.29) is 10.9 Å². The molecule has 1 atom stereocenters. The van der Waals surface area contributed by atoms with Crippen molar-refractivity contribution < 1.29 is 22.7 Å². The average Bonchev–Trinajstić information content (AvgIpc) is 2.88. The van der Waals surface area contributed by atoms with E-state index < -0.39 is 17.3 Å². The Kier molecular flexibility index (Phi) is 5.53. The molecule has 5 nitrogen and oxygen atoms in total. The number of ketones is 1. The minimum Gasteiger partial charge on any atom is -0.494 e. The molecule has 0 bridgehead atoms. The van der Waals surface area contributed by atoms with Gasteiger partial charge in [0.2, 0.25) is 5.82 Å². The molecule has 0 N–H and O–H groups in total. The summed E-state index contributed by atoms with van der Waals surface area (Å²) in [4.78, 5) is 12.4. The molecule has 1 heterocycles. The molecule has 0 saturated heterocycles. The van der Waals surface area contributed by atoms with Crippen LogP contribution >= 0.6 is 11.8 Å². The maximum atomic E-state index is 12.7. The Labute approximate surface area is 141 Å². The topological polar surface area (TPSA) is 57.0 Å². The Bertz CT molecular complexity index is 714. The van der Waals surface area contributed by atoms with Crippen molar-refractivity contribution in [2.75, 3.05) is 6.61 Å². The van der Waals surface area contributed by atoms with Gasteiger partial charge >= 0.3 is 6.18 Å². The van der Waals surface area contributed by atoms with Crippen LogP contribution in [0.4, 0.5) is 13.2 Å². The first-order valence-electron chi connectivity index (χ1n) is 7.14.